The van der Waals surface area contributed by atoms with Crippen molar-refractivity contribution in [3.63, 3.8) is 0 Å². The third-order valence-electron chi connectivity index (χ3n) is 1.69. The molecule has 0 atom stereocenters. The summed E-state index contributed by atoms with van der Waals surface area (Å²) in [4.78, 5) is 0. The molecule has 0 aromatic carbocycles. The Balaban J connectivity index is 2.52. The lowest BCUT2D eigenvalue weighted by molar-refractivity contribution is 0.768. The van der Waals surface area contributed by atoms with Crippen molar-refractivity contribution in [2.45, 2.75) is 0 Å². The number of nitrogens with two attached hydrogens (primary N) is 2. The largest absolute Gasteiger partial charge is 0.366 e. The molecule has 0 amide bonds. The lowest BCUT2D eigenvalue weighted by Crippen LogP contribution is -2.13. The SMILES string of the molecule is Cn1cc(-c2nnc(N)n2N)cn1. The highest BCUT2D eigenvalue weighted by Gasteiger charge is 2.09. The van der Waals surface area contributed by atoms with Gasteiger partial charge in [-0.15, -0.1) is 10.2 Å². The summed E-state index contributed by atoms with van der Waals surface area (Å²) in [5.74, 6) is 6.26. The number of aromatic nitrogens is 5. The third-order valence-corrected chi connectivity index (χ3v) is 1.69. The van der Waals surface area contributed by atoms with Crippen molar-refractivity contribution in [1.82, 2.24) is 24.7 Å². The van der Waals surface area contributed by atoms with Crippen molar-refractivity contribution >= 4 is 5.95 Å². The molecule has 2 aromatic heterocycles. The minimum Gasteiger partial charge on any atom is -0.366 e. The highest BCUT2D eigenvalue weighted by atomic mass is 15.4. The maximum absolute atomic E-state index is 5.57. The average molecular weight is 179 g/mol. The van der Waals surface area contributed by atoms with Gasteiger partial charge in [0.1, 0.15) is 0 Å². The summed E-state index contributed by atoms with van der Waals surface area (Å²) in [6, 6.07) is 0. The van der Waals surface area contributed by atoms with Gasteiger partial charge < -0.3 is 11.6 Å². The monoisotopic (exact) mass is 179 g/mol. The van der Waals surface area contributed by atoms with Crippen LogP contribution in [0.3, 0.4) is 0 Å². The molecule has 4 N–H and O–H groups in total. The van der Waals surface area contributed by atoms with E-state index in [2.05, 4.69) is 15.3 Å². The van der Waals surface area contributed by atoms with Crippen LogP contribution >= 0.6 is 0 Å². The normalized spacial score (nSPS) is 10.5. The van der Waals surface area contributed by atoms with E-state index in [9.17, 15) is 0 Å². The van der Waals surface area contributed by atoms with Gasteiger partial charge in [-0.3, -0.25) is 4.68 Å². The molecule has 0 bridgehead atoms. The fourth-order valence-corrected chi connectivity index (χ4v) is 1.04. The summed E-state index contributed by atoms with van der Waals surface area (Å²) < 4.78 is 2.87. The van der Waals surface area contributed by atoms with Crippen LogP contribution in [0.1, 0.15) is 0 Å². The fraction of sp³-hybridized carbons (Fsp3) is 0.167. The van der Waals surface area contributed by atoms with E-state index in [-0.39, 0.29) is 5.95 Å². The molecule has 7 nitrogen and oxygen atoms in total. The average Bonchev–Trinajstić information content (AvgIpc) is 2.62. The lowest BCUT2D eigenvalue weighted by atomic mass is 10.3. The Kier molecular flexibility index (Phi) is 1.44. The predicted octanol–water partition coefficient (Wildman–Crippen LogP) is -1.03. The van der Waals surface area contributed by atoms with Crippen molar-refractivity contribution in [2.24, 2.45) is 7.05 Å². The molecule has 0 aliphatic rings. The number of nitrogens with zero attached hydrogens (tertiary/aromatic N) is 5. The molecule has 7 heteroatoms. The predicted molar refractivity (Wildman–Crippen MR) is 46.8 cm³/mol. The summed E-state index contributed by atoms with van der Waals surface area (Å²) in [6.07, 6.45) is 3.43. The first kappa shape index (κ1) is 7.59. The minimum absolute atomic E-state index is 0.179. The molecule has 2 rings (SSSR count). The number of hydrogen-bond donors (Lipinski definition) is 2. The van der Waals surface area contributed by atoms with Gasteiger partial charge in [-0.05, 0) is 0 Å². The summed E-state index contributed by atoms with van der Waals surface area (Å²) in [5, 5.41) is 11.4. The second kappa shape index (κ2) is 2.47. The topological polar surface area (TPSA) is 101 Å². The van der Waals surface area contributed by atoms with Crippen LogP contribution < -0.4 is 11.6 Å². The highest BCUT2D eigenvalue weighted by molar-refractivity contribution is 5.54. The molecule has 0 radical (unpaired) electrons. The Morgan fingerprint density at radius 1 is 1.38 bits per heavy atom. The smallest absolute Gasteiger partial charge is 0.241 e. The first-order chi connectivity index (χ1) is 6.18. The Bertz CT molecular complexity index is 426. The maximum Gasteiger partial charge on any atom is 0.241 e. The summed E-state index contributed by atoms with van der Waals surface area (Å²) in [6.45, 7) is 0. The van der Waals surface area contributed by atoms with E-state index in [4.69, 9.17) is 11.6 Å². The molecule has 68 valence electrons. The van der Waals surface area contributed by atoms with Crippen molar-refractivity contribution < 1.29 is 0 Å². The van der Waals surface area contributed by atoms with Gasteiger partial charge in [0.15, 0.2) is 5.82 Å². The molecule has 2 heterocycles. The standard InChI is InChI=1S/C6H9N7/c1-12-3-4(2-9-12)5-10-11-6(7)13(5)8/h2-3H,8H2,1H3,(H2,7,11). The Morgan fingerprint density at radius 3 is 2.62 bits per heavy atom. The molecule has 0 saturated heterocycles. The third kappa shape index (κ3) is 1.10. The maximum atomic E-state index is 5.57. The van der Waals surface area contributed by atoms with Crippen LogP contribution in [0.25, 0.3) is 11.4 Å². The molecule has 0 aliphatic heterocycles. The minimum atomic E-state index is 0.179. The number of anilines is 1. The van der Waals surface area contributed by atoms with Crippen molar-refractivity contribution in [3.05, 3.63) is 12.4 Å². The van der Waals surface area contributed by atoms with Crippen LogP contribution in [0.15, 0.2) is 12.4 Å². The Morgan fingerprint density at radius 2 is 2.15 bits per heavy atom. The zero-order valence-corrected chi connectivity index (χ0v) is 7.05. The highest BCUT2D eigenvalue weighted by Crippen LogP contribution is 2.14. The van der Waals surface area contributed by atoms with Crippen molar-refractivity contribution in [3.8, 4) is 11.4 Å². The molecule has 0 fully saturated rings. The number of rotatable bonds is 1. The van der Waals surface area contributed by atoms with E-state index in [1.807, 2.05) is 7.05 Å². The molecular formula is C6H9N7. The van der Waals surface area contributed by atoms with E-state index in [0.717, 1.165) is 5.56 Å². The van der Waals surface area contributed by atoms with Crippen molar-refractivity contribution in [2.75, 3.05) is 11.6 Å². The van der Waals surface area contributed by atoms with Crippen LogP contribution in [0.4, 0.5) is 5.95 Å². The van der Waals surface area contributed by atoms with Gasteiger partial charge >= 0.3 is 0 Å². The zero-order valence-electron chi connectivity index (χ0n) is 7.05. The summed E-state index contributed by atoms with van der Waals surface area (Å²) in [5.41, 5.74) is 6.21. The Hall–Kier alpha value is -2.05. The quantitative estimate of drug-likeness (QED) is 0.545. The molecule has 0 spiro atoms. The molecule has 0 unspecified atom stereocenters. The van der Waals surface area contributed by atoms with E-state index in [0.29, 0.717) is 5.82 Å². The van der Waals surface area contributed by atoms with E-state index in [1.54, 1.807) is 17.1 Å². The van der Waals surface area contributed by atoms with Crippen molar-refractivity contribution in [1.29, 1.82) is 0 Å². The van der Waals surface area contributed by atoms with Crippen LogP contribution in [-0.4, -0.2) is 24.7 Å². The Labute approximate surface area is 73.9 Å². The van der Waals surface area contributed by atoms with Crippen LogP contribution in [0.5, 0.6) is 0 Å². The van der Waals surface area contributed by atoms with Crippen LogP contribution in [0.2, 0.25) is 0 Å². The summed E-state index contributed by atoms with van der Waals surface area (Å²) in [7, 11) is 1.81. The number of hydrogen-bond acceptors (Lipinski definition) is 5. The second-order valence-corrected chi connectivity index (χ2v) is 2.65. The van der Waals surface area contributed by atoms with Gasteiger partial charge in [-0.2, -0.15) is 5.10 Å². The van der Waals surface area contributed by atoms with E-state index >= 15 is 0 Å². The first-order valence-corrected chi connectivity index (χ1v) is 3.63. The lowest BCUT2D eigenvalue weighted by Gasteiger charge is -1.96. The molecule has 0 aliphatic carbocycles. The second-order valence-electron chi connectivity index (χ2n) is 2.65. The molecular weight excluding hydrogens is 170 g/mol. The van der Waals surface area contributed by atoms with Gasteiger partial charge in [0, 0.05) is 13.2 Å². The van der Waals surface area contributed by atoms with Crippen LogP contribution in [0, 0.1) is 0 Å². The van der Waals surface area contributed by atoms with E-state index in [1.165, 1.54) is 4.68 Å². The summed E-state index contributed by atoms with van der Waals surface area (Å²) >= 11 is 0. The van der Waals surface area contributed by atoms with Crippen LogP contribution in [-0.2, 0) is 7.05 Å². The van der Waals surface area contributed by atoms with Gasteiger partial charge in [-0.1, -0.05) is 0 Å². The van der Waals surface area contributed by atoms with Gasteiger partial charge in [0.05, 0.1) is 11.8 Å². The molecule has 13 heavy (non-hydrogen) atoms. The molecule has 0 saturated carbocycles. The van der Waals surface area contributed by atoms with Gasteiger partial charge in [-0.25, -0.2) is 4.68 Å². The van der Waals surface area contributed by atoms with Gasteiger partial charge in [0.2, 0.25) is 5.95 Å². The number of nitrogen functional groups attached to an aromatic ring is 2. The number of aryl methyl sites for hydroxylation is 1. The zero-order chi connectivity index (χ0) is 9.42. The first-order valence-electron chi connectivity index (χ1n) is 3.63. The molecule has 2 aromatic rings. The van der Waals surface area contributed by atoms with Gasteiger partial charge in [0.25, 0.3) is 0 Å². The fourth-order valence-electron chi connectivity index (χ4n) is 1.04. The van der Waals surface area contributed by atoms with E-state index < -0.39 is 0 Å².